The van der Waals surface area contributed by atoms with Crippen molar-refractivity contribution >= 4 is 11.7 Å². The summed E-state index contributed by atoms with van der Waals surface area (Å²) in [5, 5.41) is 3.16. The first kappa shape index (κ1) is 14.8. The Kier molecular flexibility index (Phi) is 5.39. The van der Waals surface area contributed by atoms with E-state index >= 15 is 0 Å². The molecule has 0 aromatic carbocycles. The van der Waals surface area contributed by atoms with Crippen LogP contribution in [0.4, 0.5) is 5.82 Å². The number of rotatable bonds is 5. The summed E-state index contributed by atoms with van der Waals surface area (Å²) >= 11 is 0. The maximum atomic E-state index is 12.7. The Morgan fingerprint density at radius 1 is 1.35 bits per heavy atom. The van der Waals surface area contributed by atoms with Crippen LogP contribution in [0.3, 0.4) is 0 Å². The van der Waals surface area contributed by atoms with Gasteiger partial charge in [0.25, 0.3) is 5.91 Å². The van der Waals surface area contributed by atoms with Gasteiger partial charge < -0.3 is 10.2 Å². The molecule has 0 atom stereocenters. The highest BCUT2D eigenvalue weighted by Gasteiger charge is 2.25. The van der Waals surface area contributed by atoms with Gasteiger partial charge in [-0.15, -0.1) is 0 Å². The summed E-state index contributed by atoms with van der Waals surface area (Å²) < 4.78 is 0. The molecule has 1 aliphatic rings. The van der Waals surface area contributed by atoms with Gasteiger partial charge in [0.1, 0.15) is 5.82 Å². The van der Waals surface area contributed by atoms with Crippen molar-refractivity contribution in [1.82, 2.24) is 9.88 Å². The van der Waals surface area contributed by atoms with E-state index in [4.69, 9.17) is 0 Å². The van der Waals surface area contributed by atoms with E-state index in [1.807, 2.05) is 24.0 Å². The Morgan fingerprint density at radius 2 is 2.10 bits per heavy atom. The van der Waals surface area contributed by atoms with Crippen molar-refractivity contribution in [3.63, 3.8) is 0 Å². The van der Waals surface area contributed by atoms with Gasteiger partial charge in [0.05, 0.1) is 0 Å². The fourth-order valence-electron chi connectivity index (χ4n) is 2.97. The summed E-state index contributed by atoms with van der Waals surface area (Å²) in [5.74, 6) is 0.916. The molecule has 1 saturated carbocycles. The Labute approximate surface area is 121 Å². The van der Waals surface area contributed by atoms with Crippen LogP contribution in [-0.4, -0.2) is 34.9 Å². The third-order valence-electron chi connectivity index (χ3n) is 3.98. The van der Waals surface area contributed by atoms with Gasteiger partial charge in [-0.1, -0.05) is 19.3 Å². The van der Waals surface area contributed by atoms with Crippen LogP contribution >= 0.6 is 0 Å². The number of carbonyl (C=O) groups excluding carboxylic acids is 1. The average Bonchev–Trinajstić information content (AvgIpc) is 2.50. The van der Waals surface area contributed by atoms with E-state index in [0.717, 1.165) is 37.3 Å². The van der Waals surface area contributed by atoms with E-state index < -0.39 is 0 Å². The second-order valence-electron chi connectivity index (χ2n) is 5.34. The fourth-order valence-corrected chi connectivity index (χ4v) is 2.97. The fraction of sp³-hybridized carbons (Fsp3) is 0.625. The summed E-state index contributed by atoms with van der Waals surface area (Å²) in [6.07, 6.45) is 7.79. The van der Waals surface area contributed by atoms with E-state index in [9.17, 15) is 4.79 Å². The topological polar surface area (TPSA) is 45.2 Å². The molecule has 1 heterocycles. The number of hydrogen-bond donors (Lipinski definition) is 1. The molecule has 0 spiro atoms. The van der Waals surface area contributed by atoms with Crippen LogP contribution in [0.2, 0.25) is 0 Å². The first-order chi connectivity index (χ1) is 9.76. The monoisotopic (exact) mass is 275 g/mol. The van der Waals surface area contributed by atoms with Crippen LogP contribution in [0, 0.1) is 0 Å². The van der Waals surface area contributed by atoms with E-state index in [1.54, 1.807) is 6.20 Å². The molecular weight excluding hydrogens is 250 g/mol. The van der Waals surface area contributed by atoms with Crippen LogP contribution in [-0.2, 0) is 0 Å². The lowest BCUT2D eigenvalue weighted by Crippen LogP contribution is -2.41. The molecule has 0 unspecified atom stereocenters. The van der Waals surface area contributed by atoms with E-state index in [1.165, 1.54) is 19.3 Å². The quantitative estimate of drug-likeness (QED) is 0.896. The maximum Gasteiger partial charge on any atom is 0.254 e. The van der Waals surface area contributed by atoms with E-state index in [2.05, 4.69) is 17.2 Å². The minimum Gasteiger partial charge on any atom is -0.370 e. The highest BCUT2D eigenvalue weighted by Crippen LogP contribution is 2.24. The summed E-state index contributed by atoms with van der Waals surface area (Å²) in [6, 6.07) is 4.09. The number of hydrogen-bond acceptors (Lipinski definition) is 3. The zero-order valence-electron chi connectivity index (χ0n) is 12.6. The second-order valence-corrected chi connectivity index (χ2v) is 5.34. The zero-order valence-corrected chi connectivity index (χ0v) is 12.6. The molecule has 20 heavy (non-hydrogen) atoms. The van der Waals surface area contributed by atoms with E-state index in [0.29, 0.717) is 6.04 Å². The SMILES string of the molecule is CCNc1cc(C(=O)N(CC)C2CCCCC2)ccn1. The number of pyridine rings is 1. The van der Waals surface area contributed by atoms with Gasteiger partial charge in [0.15, 0.2) is 0 Å². The minimum atomic E-state index is 0.140. The van der Waals surface area contributed by atoms with Crippen LogP contribution in [0.25, 0.3) is 0 Å². The number of aromatic nitrogens is 1. The highest BCUT2D eigenvalue weighted by molar-refractivity contribution is 5.95. The summed E-state index contributed by atoms with van der Waals surface area (Å²) in [6.45, 7) is 5.68. The van der Waals surface area contributed by atoms with Gasteiger partial charge in [-0.25, -0.2) is 4.98 Å². The minimum absolute atomic E-state index is 0.140. The molecule has 1 amide bonds. The molecule has 110 valence electrons. The molecule has 0 aliphatic heterocycles. The molecule has 2 rings (SSSR count). The molecule has 0 bridgehead atoms. The average molecular weight is 275 g/mol. The first-order valence-corrected chi connectivity index (χ1v) is 7.77. The molecule has 1 aliphatic carbocycles. The van der Waals surface area contributed by atoms with Gasteiger partial charge in [0.2, 0.25) is 0 Å². The lowest BCUT2D eigenvalue weighted by molar-refractivity contribution is 0.0648. The maximum absolute atomic E-state index is 12.7. The summed E-state index contributed by atoms with van der Waals surface area (Å²) in [7, 11) is 0. The van der Waals surface area contributed by atoms with Gasteiger partial charge >= 0.3 is 0 Å². The molecule has 0 radical (unpaired) electrons. The van der Waals surface area contributed by atoms with Crippen molar-refractivity contribution in [2.75, 3.05) is 18.4 Å². The second kappa shape index (κ2) is 7.27. The van der Waals surface area contributed by atoms with Gasteiger partial charge in [-0.3, -0.25) is 4.79 Å². The lowest BCUT2D eigenvalue weighted by Gasteiger charge is -2.33. The molecule has 0 saturated heterocycles. The smallest absolute Gasteiger partial charge is 0.254 e. The molecule has 1 fully saturated rings. The standard InChI is InChI=1S/C16H25N3O/c1-3-17-15-12-13(10-11-18-15)16(20)19(4-2)14-8-6-5-7-9-14/h10-12,14H,3-9H2,1-2H3,(H,17,18). The Morgan fingerprint density at radius 3 is 2.75 bits per heavy atom. The predicted molar refractivity (Wildman–Crippen MR) is 82.0 cm³/mol. The molecule has 4 nitrogen and oxygen atoms in total. The molecule has 1 aromatic rings. The molecule has 1 aromatic heterocycles. The van der Waals surface area contributed by atoms with Crippen molar-refractivity contribution in [2.45, 2.75) is 52.0 Å². The van der Waals surface area contributed by atoms with Gasteiger partial charge in [-0.2, -0.15) is 0 Å². The Hall–Kier alpha value is -1.58. The van der Waals surface area contributed by atoms with Gasteiger partial charge in [-0.05, 0) is 38.8 Å². The van der Waals surface area contributed by atoms with E-state index in [-0.39, 0.29) is 5.91 Å². The number of amides is 1. The third-order valence-corrected chi connectivity index (χ3v) is 3.98. The normalized spacial score (nSPS) is 15.9. The largest absolute Gasteiger partial charge is 0.370 e. The highest BCUT2D eigenvalue weighted by atomic mass is 16.2. The third kappa shape index (κ3) is 3.50. The van der Waals surface area contributed by atoms with Crippen molar-refractivity contribution in [2.24, 2.45) is 0 Å². The summed E-state index contributed by atoms with van der Waals surface area (Å²) in [4.78, 5) is 19.0. The number of anilines is 1. The Balaban J connectivity index is 2.12. The van der Waals surface area contributed by atoms with Crippen molar-refractivity contribution in [3.8, 4) is 0 Å². The number of nitrogens with zero attached hydrogens (tertiary/aromatic N) is 2. The van der Waals surface area contributed by atoms with Crippen LogP contribution in [0.15, 0.2) is 18.3 Å². The Bertz CT molecular complexity index is 441. The predicted octanol–water partition coefficient (Wildman–Crippen LogP) is 3.31. The van der Waals surface area contributed by atoms with Crippen molar-refractivity contribution in [1.29, 1.82) is 0 Å². The molecule has 1 N–H and O–H groups in total. The first-order valence-electron chi connectivity index (χ1n) is 7.77. The van der Waals surface area contributed by atoms with Crippen LogP contribution in [0.5, 0.6) is 0 Å². The number of carbonyl (C=O) groups is 1. The van der Waals surface area contributed by atoms with Crippen molar-refractivity contribution < 1.29 is 4.79 Å². The van der Waals surface area contributed by atoms with Crippen LogP contribution < -0.4 is 5.32 Å². The lowest BCUT2D eigenvalue weighted by atomic mass is 9.94. The zero-order chi connectivity index (χ0) is 14.4. The number of nitrogens with one attached hydrogen (secondary N) is 1. The summed E-state index contributed by atoms with van der Waals surface area (Å²) in [5.41, 5.74) is 0.739. The van der Waals surface area contributed by atoms with Crippen molar-refractivity contribution in [3.05, 3.63) is 23.9 Å². The van der Waals surface area contributed by atoms with Gasteiger partial charge in [0, 0.05) is 30.9 Å². The molecular formula is C16H25N3O. The molecule has 4 heteroatoms. The van der Waals surface area contributed by atoms with Crippen LogP contribution in [0.1, 0.15) is 56.3 Å².